The first-order chi connectivity index (χ1) is 9.91. The van der Waals surface area contributed by atoms with E-state index >= 15 is 0 Å². The van der Waals surface area contributed by atoms with Gasteiger partial charge in [0.25, 0.3) is 0 Å². The minimum atomic E-state index is -4.37. The van der Waals surface area contributed by atoms with Crippen molar-refractivity contribution in [2.45, 2.75) is 18.5 Å². The summed E-state index contributed by atoms with van der Waals surface area (Å²) in [5.41, 5.74) is 0.696. The second kappa shape index (κ2) is 6.26. The van der Waals surface area contributed by atoms with Gasteiger partial charge in [-0.2, -0.15) is 13.2 Å². The number of hydrogen-bond acceptors (Lipinski definition) is 1. The molecule has 2 aromatic rings. The molecule has 1 unspecified atom stereocenters. The molecule has 0 aromatic heterocycles. The third-order valence-electron chi connectivity index (χ3n) is 3.33. The van der Waals surface area contributed by atoms with Gasteiger partial charge >= 0.3 is 6.18 Å². The first kappa shape index (κ1) is 15.5. The van der Waals surface area contributed by atoms with Crippen molar-refractivity contribution < 1.29 is 22.7 Å². The molecule has 0 saturated heterocycles. The summed E-state index contributed by atoms with van der Waals surface area (Å²) >= 11 is 0. The van der Waals surface area contributed by atoms with Crippen LogP contribution in [0.2, 0.25) is 0 Å². The largest absolute Gasteiger partial charge is 0.416 e. The Balaban J connectivity index is 2.32. The summed E-state index contributed by atoms with van der Waals surface area (Å²) in [6, 6.07) is 10.6. The fourth-order valence-corrected chi connectivity index (χ4v) is 2.25. The van der Waals surface area contributed by atoms with E-state index in [9.17, 15) is 17.6 Å². The molecule has 2 rings (SSSR count). The van der Waals surface area contributed by atoms with Crippen molar-refractivity contribution in [2.75, 3.05) is 6.61 Å². The van der Waals surface area contributed by atoms with Crippen LogP contribution in [0.1, 0.15) is 29.0 Å². The van der Waals surface area contributed by atoms with Crippen LogP contribution in [0, 0.1) is 5.82 Å². The summed E-state index contributed by atoms with van der Waals surface area (Å²) in [5.74, 6) is -0.646. The summed E-state index contributed by atoms with van der Waals surface area (Å²) < 4.78 is 50.6. The van der Waals surface area contributed by atoms with Crippen LogP contribution >= 0.6 is 0 Å². The Morgan fingerprint density at radius 3 is 1.76 bits per heavy atom. The average Bonchev–Trinajstić information content (AvgIpc) is 2.45. The van der Waals surface area contributed by atoms with E-state index in [1.807, 2.05) is 0 Å². The van der Waals surface area contributed by atoms with E-state index in [4.69, 9.17) is 5.11 Å². The van der Waals surface area contributed by atoms with E-state index in [1.165, 1.54) is 24.3 Å². The zero-order valence-corrected chi connectivity index (χ0v) is 11.1. The Morgan fingerprint density at radius 1 is 0.857 bits per heavy atom. The van der Waals surface area contributed by atoms with Crippen molar-refractivity contribution in [3.63, 3.8) is 0 Å². The lowest BCUT2D eigenvalue weighted by Gasteiger charge is -2.18. The lowest BCUT2D eigenvalue weighted by Crippen LogP contribution is -2.07. The number of hydrogen-bond donors (Lipinski definition) is 1. The maximum Gasteiger partial charge on any atom is 0.416 e. The number of aliphatic hydroxyl groups excluding tert-OH is 1. The van der Waals surface area contributed by atoms with E-state index in [2.05, 4.69) is 0 Å². The number of halogens is 4. The van der Waals surface area contributed by atoms with Crippen LogP contribution in [-0.2, 0) is 6.18 Å². The monoisotopic (exact) mass is 298 g/mol. The second-order valence-electron chi connectivity index (χ2n) is 4.74. The molecule has 5 heteroatoms. The summed E-state index contributed by atoms with van der Waals surface area (Å²) in [7, 11) is 0. The smallest absolute Gasteiger partial charge is 0.396 e. The number of rotatable bonds is 4. The highest BCUT2D eigenvalue weighted by molar-refractivity contribution is 5.35. The molecule has 0 radical (unpaired) electrons. The molecule has 0 saturated carbocycles. The highest BCUT2D eigenvalue weighted by Crippen LogP contribution is 2.32. The predicted molar refractivity (Wildman–Crippen MR) is 71.4 cm³/mol. The minimum absolute atomic E-state index is 0.108. The minimum Gasteiger partial charge on any atom is -0.396 e. The average molecular weight is 298 g/mol. The number of benzene rings is 2. The predicted octanol–water partition coefficient (Wildman–Crippen LogP) is 4.36. The first-order valence-electron chi connectivity index (χ1n) is 6.45. The number of alkyl halides is 3. The van der Waals surface area contributed by atoms with Gasteiger partial charge in [-0.1, -0.05) is 24.3 Å². The van der Waals surface area contributed by atoms with Crippen LogP contribution in [0.4, 0.5) is 17.6 Å². The summed E-state index contributed by atoms with van der Waals surface area (Å²) in [6.45, 7) is -0.108. The maximum absolute atomic E-state index is 12.9. The van der Waals surface area contributed by atoms with Gasteiger partial charge < -0.3 is 5.11 Å². The fourth-order valence-electron chi connectivity index (χ4n) is 2.25. The molecule has 0 fully saturated rings. The van der Waals surface area contributed by atoms with Gasteiger partial charge in [-0.05, 0) is 41.8 Å². The van der Waals surface area contributed by atoms with Crippen molar-refractivity contribution in [3.8, 4) is 0 Å². The fraction of sp³-hybridized carbons (Fsp3) is 0.250. The molecule has 0 heterocycles. The Morgan fingerprint density at radius 2 is 1.33 bits per heavy atom. The molecule has 0 aliphatic carbocycles. The van der Waals surface area contributed by atoms with Gasteiger partial charge in [0.2, 0.25) is 0 Å². The Bertz CT molecular complexity index is 573. The molecular weight excluding hydrogens is 284 g/mol. The molecule has 1 nitrogen and oxygen atoms in total. The van der Waals surface area contributed by atoms with Crippen molar-refractivity contribution in [3.05, 3.63) is 71.0 Å². The van der Waals surface area contributed by atoms with Crippen LogP contribution in [0.5, 0.6) is 0 Å². The molecule has 1 atom stereocenters. The highest BCUT2D eigenvalue weighted by Gasteiger charge is 2.30. The third-order valence-corrected chi connectivity index (χ3v) is 3.33. The molecule has 1 N–H and O–H groups in total. The third kappa shape index (κ3) is 3.82. The van der Waals surface area contributed by atoms with Crippen molar-refractivity contribution in [2.24, 2.45) is 0 Å². The van der Waals surface area contributed by atoms with Gasteiger partial charge in [0, 0.05) is 12.5 Å². The van der Waals surface area contributed by atoms with Crippen molar-refractivity contribution in [1.82, 2.24) is 0 Å². The normalized spacial score (nSPS) is 13.2. The first-order valence-corrected chi connectivity index (χ1v) is 6.45. The van der Waals surface area contributed by atoms with Crippen LogP contribution in [0.25, 0.3) is 0 Å². The molecule has 2 aromatic carbocycles. The molecule has 0 aliphatic rings. The zero-order valence-electron chi connectivity index (χ0n) is 11.1. The molecular formula is C16H14F4O. The van der Waals surface area contributed by atoms with E-state index < -0.39 is 11.7 Å². The van der Waals surface area contributed by atoms with Gasteiger partial charge in [-0.25, -0.2) is 4.39 Å². The SMILES string of the molecule is OCCC(c1ccc(F)cc1)c1ccc(C(F)(F)F)cc1. The Labute approximate surface area is 119 Å². The van der Waals surface area contributed by atoms with Crippen molar-refractivity contribution in [1.29, 1.82) is 0 Å². The van der Waals surface area contributed by atoms with E-state index in [0.29, 0.717) is 12.0 Å². The van der Waals surface area contributed by atoms with E-state index in [-0.39, 0.29) is 18.3 Å². The van der Waals surface area contributed by atoms with Gasteiger partial charge in [0.05, 0.1) is 5.56 Å². The van der Waals surface area contributed by atoms with Crippen LogP contribution in [-0.4, -0.2) is 11.7 Å². The molecule has 0 amide bonds. The van der Waals surface area contributed by atoms with Gasteiger partial charge in [-0.15, -0.1) is 0 Å². The Hall–Kier alpha value is -1.88. The van der Waals surface area contributed by atoms with Crippen molar-refractivity contribution >= 4 is 0 Å². The molecule has 21 heavy (non-hydrogen) atoms. The quantitative estimate of drug-likeness (QED) is 0.832. The van der Waals surface area contributed by atoms with E-state index in [1.54, 1.807) is 12.1 Å². The molecule has 0 aliphatic heterocycles. The molecule has 0 spiro atoms. The zero-order chi connectivity index (χ0) is 15.5. The number of aliphatic hydroxyl groups is 1. The van der Waals surface area contributed by atoms with E-state index in [0.717, 1.165) is 17.7 Å². The topological polar surface area (TPSA) is 20.2 Å². The van der Waals surface area contributed by atoms with Gasteiger partial charge in [0.15, 0.2) is 0 Å². The van der Waals surface area contributed by atoms with Crippen LogP contribution in [0.3, 0.4) is 0 Å². The standard InChI is InChI=1S/C16H14F4O/c17-14-7-3-12(4-8-14)15(9-10-21)11-1-5-13(6-2-11)16(18,19)20/h1-8,15,21H,9-10H2. The molecule has 112 valence electrons. The van der Waals surface area contributed by atoms with Crippen LogP contribution in [0.15, 0.2) is 48.5 Å². The molecule has 0 bridgehead atoms. The van der Waals surface area contributed by atoms with Crippen LogP contribution < -0.4 is 0 Å². The second-order valence-corrected chi connectivity index (χ2v) is 4.74. The summed E-state index contributed by atoms with van der Waals surface area (Å²) in [5, 5.41) is 9.14. The summed E-state index contributed by atoms with van der Waals surface area (Å²) in [4.78, 5) is 0. The lowest BCUT2D eigenvalue weighted by atomic mass is 9.88. The lowest BCUT2D eigenvalue weighted by molar-refractivity contribution is -0.137. The van der Waals surface area contributed by atoms with Gasteiger partial charge in [-0.3, -0.25) is 0 Å². The highest BCUT2D eigenvalue weighted by atomic mass is 19.4. The van der Waals surface area contributed by atoms with Gasteiger partial charge in [0.1, 0.15) is 5.82 Å². The Kier molecular flexibility index (Phi) is 4.63. The maximum atomic E-state index is 12.9. The summed E-state index contributed by atoms with van der Waals surface area (Å²) in [6.07, 6.45) is -4.02.